The molecule has 6 N–H and O–H groups in total. The number of aromatic nitrogens is 3. The molecule has 214 valence electrons. The molecule has 1 aromatic carbocycles. The van der Waals surface area contributed by atoms with Crippen molar-refractivity contribution in [3.05, 3.63) is 30.5 Å². The summed E-state index contributed by atoms with van der Waals surface area (Å²) in [7, 11) is 1.62. The number of fused-ring (bicyclic) bond motifs is 5. The van der Waals surface area contributed by atoms with Gasteiger partial charge in [-0.2, -0.15) is 0 Å². The van der Waals surface area contributed by atoms with E-state index in [1.807, 2.05) is 37.4 Å². The molecule has 0 unspecified atom stereocenters. The first-order valence-electron chi connectivity index (χ1n) is 14.2. The van der Waals surface area contributed by atoms with E-state index in [0.717, 1.165) is 23.4 Å². The standard InChI is InChI=1S/C29H41N3O7/c1-26-13-23(35)25-21(8-9-27(37)12-19(34)11-24(36)28(25,27)16-33)29(26,38)10-7-18(26)14-32-15-22(30-31-32)17-3-5-20(39-2)6-4-17/h3-6,15,18-19,21,23-25,33-38H,7-14,16H2,1-2H3/t18-,19+,21-,23-,24-,25-,26-,27+,28-,29+/m1/s1. The summed E-state index contributed by atoms with van der Waals surface area (Å²) in [5.41, 5.74) is -3.02. The molecule has 4 aliphatic rings. The summed E-state index contributed by atoms with van der Waals surface area (Å²) in [5, 5.41) is 76.8. The highest BCUT2D eigenvalue weighted by Gasteiger charge is 2.74. The van der Waals surface area contributed by atoms with Gasteiger partial charge in [-0.25, -0.2) is 0 Å². The van der Waals surface area contributed by atoms with Crippen LogP contribution in [0.15, 0.2) is 30.5 Å². The van der Waals surface area contributed by atoms with E-state index in [1.54, 1.807) is 11.8 Å². The predicted molar refractivity (Wildman–Crippen MR) is 140 cm³/mol. The van der Waals surface area contributed by atoms with Crippen LogP contribution in [0.4, 0.5) is 0 Å². The lowest BCUT2D eigenvalue weighted by Gasteiger charge is -2.68. The fourth-order valence-electron chi connectivity index (χ4n) is 9.41. The Morgan fingerprint density at radius 2 is 1.79 bits per heavy atom. The molecule has 10 atom stereocenters. The van der Waals surface area contributed by atoms with Gasteiger partial charge in [-0.15, -0.1) is 5.10 Å². The smallest absolute Gasteiger partial charge is 0.118 e. The number of rotatable bonds is 5. The molecule has 4 aliphatic carbocycles. The van der Waals surface area contributed by atoms with Gasteiger partial charge in [0.2, 0.25) is 0 Å². The molecular weight excluding hydrogens is 502 g/mol. The normalized spacial score (nSPS) is 45.3. The number of hydrogen-bond donors (Lipinski definition) is 6. The van der Waals surface area contributed by atoms with E-state index in [0.29, 0.717) is 19.4 Å². The molecule has 4 saturated carbocycles. The van der Waals surface area contributed by atoms with E-state index >= 15 is 0 Å². The summed E-state index contributed by atoms with van der Waals surface area (Å²) in [6, 6.07) is 7.61. The fourth-order valence-corrected chi connectivity index (χ4v) is 9.41. The molecule has 4 fully saturated rings. The van der Waals surface area contributed by atoms with E-state index in [4.69, 9.17) is 4.74 Å². The highest BCUT2D eigenvalue weighted by molar-refractivity contribution is 5.58. The van der Waals surface area contributed by atoms with Crippen molar-refractivity contribution in [1.82, 2.24) is 15.0 Å². The second-order valence-corrected chi connectivity index (χ2v) is 12.9. The Morgan fingerprint density at radius 3 is 2.49 bits per heavy atom. The second kappa shape index (κ2) is 9.22. The van der Waals surface area contributed by atoms with Crippen LogP contribution in [0.3, 0.4) is 0 Å². The zero-order valence-corrected chi connectivity index (χ0v) is 22.6. The Bertz CT molecular complexity index is 1210. The van der Waals surface area contributed by atoms with Gasteiger partial charge in [0, 0.05) is 36.3 Å². The molecule has 10 nitrogen and oxygen atoms in total. The van der Waals surface area contributed by atoms with Crippen LogP contribution in [-0.2, 0) is 6.54 Å². The Kier molecular flexibility index (Phi) is 6.41. The van der Waals surface area contributed by atoms with E-state index in [2.05, 4.69) is 10.3 Å². The highest BCUT2D eigenvalue weighted by Crippen LogP contribution is 2.69. The van der Waals surface area contributed by atoms with Crippen LogP contribution in [0, 0.1) is 28.6 Å². The predicted octanol–water partition coefficient (Wildman–Crippen LogP) is 1.12. The molecule has 0 aliphatic heterocycles. The number of methoxy groups -OCH3 is 1. The van der Waals surface area contributed by atoms with Crippen LogP contribution in [0.25, 0.3) is 11.3 Å². The third-order valence-corrected chi connectivity index (χ3v) is 11.4. The van der Waals surface area contributed by atoms with Crippen molar-refractivity contribution in [1.29, 1.82) is 0 Å². The maximum absolute atomic E-state index is 12.4. The topological polar surface area (TPSA) is 161 Å². The Morgan fingerprint density at radius 1 is 1.05 bits per heavy atom. The van der Waals surface area contributed by atoms with Gasteiger partial charge in [0.1, 0.15) is 11.4 Å². The van der Waals surface area contributed by atoms with Crippen molar-refractivity contribution in [2.45, 2.75) is 87.9 Å². The van der Waals surface area contributed by atoms with Gasteiger partial charge in [-0.3, -0.25) is 4.68 Å². The summed E-state index contributed by atoms with van der Waals surface area (Å²) in [5.74, 6) is -0.306. The number of benzene rings is 1. The van der Waals surface area contributed by atoms with Crippen molar-refractivity contribution in [2.24, 2.45) is 28.6 Å². The zero-order valence-electron chi connectivity index (χ0n) is 22.6. The Hall–Kier alpha value is -2.08. The second-order valence-electron chi connectivity index (χ2n) is 12.9. The van der Waals surface area contributed by atoms with Crippen molar-refractivity contribution in [3.8, 4) is 17.0 Å². The highest BCUT2D eigenvalue weighted by atomic mass is 16.5. The van der Waals surface area contributed by atoms with Crippen LogP contribution in [0.2, 0.25) is 0 Å². The van der Waals surface area contributed by atoms with Crippen LogP contribution in [0.1, 0.15) is 51.9 Å². The monoisotopic (exact) mass is 543 g/mol. The van der Waals surface area contributed by atoms with Crippen LogP contribution in [-0.4, -0.2) is 88.9 Å². The molecular formula is C29H41N3O7. The molecule has 0 saturated heterocycles. The van der Waals surface area contributed by atoms with Gasteiger partial charge in [0.15, 0.2) is 0 Å². The zero-order chi connectivity index (χ0) is 27.8. The summed E-state index contributed by atoms with van der Waals surface area (Å²) in [6.45, 7) is 2.06. The van der Waals surface area contributed by atoms with Gasteiger partial charge in [0.25, 0.3) is 0 Å². The van der Waals surface area contributed by atoms with E-state index in [-0.39, 0.29) is 31.6 Å². The number of hydrogen-bond acceptors (Lipinski definition) is 9. The average Bonchev–Trinajstić information content (AvgIpc) is 3.47. The van der Waals surface area contributed by atoms with Crippen LogP contribution < -0.4 is 4.74 Å². The molecule has 0 bridgehead atoms. The van der Waals surface area contributed by atoms with Crippen molar-refractivity contribution < 1.29 is 35.4 Å². The molecule has 1 heterocycles. The van der Waals surface area contributed by atoms with E-state index in [9.17, 15) is 30.6 Å². The van der Waals surface area contributed by atoms with Crippen LogP contribution in [0.5, 0.6) is 5.75 Å². The van der Waals surface area contributed by atoms with Crippen molar-refractivity contribution in [2.75, 3.05) is 13.7 Å². The number of nitrogens with zero attached hydrogens (tertiary/aromatic N) is 3. The number of aliphatic hydroxyl groups excluding tert-OH is 4. The first-order valence-corrected chi connectivity index (χ1v) is 14.2. The number of aliphatic hydroxyl groups is 6. The largest absolute Gasteiger partial charge is 0.497 e. The maximum atomic E-state index is 12.4. The molecule has 0 amide bonds. The maximum Gasteiger partial charge on any atom is 0.118 e. The third kappa shape index (κ3) is 3.68. The molecule has 2 aromatic rings. The molecule has 1 aromatic heterocycles. The molecule has 0 spiro atoms. The third-order valence-electron chi connectivity index (χ3n) is 11.4. The summed E-state index contributed by atoms with van der Waals surface area (Å²) >= 11 is 0. The average molecular weight is 544 g/mol. The minimum atomic E-state index is -1.51. The first kappa shape index (κ1) is 27.1. The summed E-state index contributed by atoms with van der Waals surface area (Å²) < 4.78 is 7.04. The Labute approximate surface area is 228 Å². The first-order chi connectivity index (χ1) is 18.5. The minimum absolute atomic E-state index is 0.0208. The SMILES string of the molecule is COc1ccc(-c2cn(C[C@H]3CC[C@]4(O)[C@@H]5CC[C@]6(O)C[C@@H](O)C[C@@H](O)[C@]6(CO)[C@H]5[C@H](O)C[C@]34C)nn2)cc1. The van der Waals surface area contributed by atoms with Gasteiger partial charge >= 0.3 is 0 Å². The van der Waals surface area contributed by atoms with E-state index < -0.39 is 58.8 Å². The van der Waals surface area contributed by atoms with Crippen LogP contribution >= 0.6 is 0 Å². The van der Waals surface area contributed by atoms with Crippen molar-refractivity contribution >= 4 is 0 Å². The van der Waals surface area contributed by atoms with E-state index in [1.165, 1.54) is 0 Å². The van der Waals surface area contributed by atoms with Gasteiger partial charge in [0.05, 0.1) is 54.8 Å². The fraction of sp³-hybridized carbons (Fsp3) is 0.724. The quantitative estimate of drug-likeness (QED) is 0.325. The summed E-state index contributed by atoms with van der Waals surface area (Å²) in [4.78, 5) is 0. The minimum Gasteiger partial charge on any atom is -0.497 e. The molecule has 6 rings (SSSR count). The molecule has 39 heavy (non-hydrogen) atoms. The lowest BCUT2D eigenvalue weighted by Crippen LogP contribution is -2.75. The van der Waals surface area contributed by atoms with Gasteiger partial charge < -0.3 is 35.4 Å². The Balaban J connectivity index is 1.28. The number of ether oxygens (including phenoxy) is 1. The van der Waals surface area contributed by atoms with Crippen molar-refractivity contribution in [3.63, 3.8) is 0 Å². The summed E-state index contributed by atoms with van der Waals surface area (Å²) in [6.07, 6.45) is 1.21. The molecule has 0 radical (unpaired) electrons. The lowest BCUT2D eigenvalue weighted by atomic mass is 9.40. The van der Waals surface area contributed by atoms with Gasteiger partial charge in [-0.1, -0.05) is 12.1 Å². The van der Waals surface area contributed by atoms with Gasteiger partial charge in [-0.05, 0) is 68.2 Å². The molecule has 10 heteroatoms. The lowest BCUT2D eigenvalue weighted by molar-refractivity contribution is -0.317.